The number of sulfonamides is 1. The maximum absolute atomic E-state index is 14.3. The van der Waals surface area contributed by atoms with Crippen molar-refractivity contribution in [3.05, 3.63) is 88.4 Å². The van der Waals surface area contributed by atoms with Crippen molar-refractivity contribution in [2.24, 2.45) is 0 Å². The Hall–Kier alpha value is -3.56. The van der Waals surface area contributed by atoms with Gasteiger partial charge >= 0.3 is 0 Å². The minimum Gasteiger partial charge on any atom is -0.495 e. The van der Waals surface area contributed by atoms with Crippen molar-refractivity contribution < 1.29 is 22.7 Å². The number of carbonyl (C=O) groups is 2. The van der Waals surface area contributed by atoms with Crippen LogP contribution in [-0.4, -0.2) is 50.9 Å². The zero-order chi connectivity index (χ0) is 31.9. The number of anilines is 1. The van der Waals surface area contributed by atoms with Crippen molar-refractivity contribution in [1.82, 2.24) is 10.2 Å². The third-order valence-corrected chi connectivity index (χ3v) is 10.2. The van der Waals surface area contributed by atoms with Gasteiger partial charge in [0.1, 0.15) is 18.3 Å². The average Bonchev–Trinajstić information content (AvgIpc) is 3.01. The molecule has 1 unspecified atom stereocenters. The third-order valence-electron chi connectivity index (χ3n) is 8.12. The Kier molecular flexibility index (Phi) is 11.3. The van der Waals surface area contributed by atoms with Crippen molar-refractivity contribution in [1.29, 1.82) is 0 Å². The lowest BCUT2D eigenvalue weighted by Gasteiger charge is -2.34. The van der Waals surface area contributed by atoms with Crippen LogP contribution in [0.2, 0.25) is 5.02 Å². The Labute approximate surface area is 266 Å². The zero-order valence-corrected chi connectivity index (χ0v) is 27.5. The smallest absolute Gasteiger partial charge is 0.264 e. The highest BCUT2D eigenvalue weighted by Gasteiger charge is 2.34. The van der Waals surface area contributed by atoms with E-state index in [2.05, 4.69) is 5.32 Å². The second kappa shape index (κ2) is 14.9. The van der Waals surface area contributed by atoms with Crippen molar-refractivity contribution >= 4 is 39.1 Å². The molecule has 3 aromatic carbocycles. The first-order chi connectivity index (χ1) is 21.0. The van der Waals surface area contributed by atoms with Crippen LogP contribution in [0.25, 0.3) is 0 Å². The molecule has 0 saturated heterocycles. The van der Waals surface area contributed by atoms with Crippen LogP contribution in [-0.2, 0) is 26.2 Å². The Morgan fingerprint density at radius 3 is 2.14 bits per heavy atom. The Morgan fingerprint density at radius 1 is 0.955 bits per heavy atom. The molecular weight excluding hydrogens is 598 g/mol. The van der Waals surface area contributed by atoms with Gasteiger partial charge in [-0.25, -0.2) is 8.42 Å². The molecule has 3 aromatic rings. The first-order valence-corrected chi connectivity index (χ1v) is 16.9. The summed E-state index contributed by atoms with van der Waals surface area (Å²) in [5, 5.41) is 3.38. The average molecular weight is 640 g/mol. The maximum atomic E-state index is 14.3. The van der Waals surface area contributed by atoms with E-state index < -0.39 is 28.5 Å². The summed E-state index contributed by atoms with van der Waals surface area (Å²) in [6.07, 6.45) is 5.47. The third kappa shape index (κ3) is 8.12. The van der Waals surface area contributed by atoms with Crippen molar-refractivity contribution in [3.8, 4) is 5.75 Å². The lowest BCUT2D eigenvalue weighted by atomic mass is 9.95. The van der Waals surface area contributed by atoms with E-state index >= 15 is 0 Å². The molecule has 0 bridgehead atoms. The predicted molar refractivity (Wildman–Crippen MR) is 175 cm³/mol. The highest BCUT2D eigenvalue weighted by atomic mass is 35.5. The van der Waals surface area contributed by atoms with Gasteiger partial charge in [-0.1, -0.05) is 85.3 Å². The van der Waals surface area contributed by atoms with Gasteiger partial charge in [-0.3, -0.25) is 13.9 Å². The molecule has 44 heavy (non-hydrogen) atoms. The van der Waals surface area contributed by atoms with E-state index in [-0.39, 0.29) is 34.1 Å². The summed E-state index contributed by atoms with van der Waals surface area (Å²) in [5.41, 5.74) is 3.02. The van der Waals surface area contributed by atoms with Crippen LogP contribution < -0.4 is 14.4 Å². The minimum atomic E-state index is -4.20. The number of nitrogens with one attached hydrogen (secondary N) is 1. The van der Waals surface area contributed by atoms with E-state index in [4.69, 9.17) is 16.3 Å². The van der Waals surface area contributed by atoms with Crippen LogP contribution in [0.4, 0.5) is 5.69 Å². The highest BCUT2D eigenvalue weighted by Crippen LogP contribution is 2.32. The molecule has 1 fully saturated rings. The fourth-order valence-electron chi connectivity index (χ4n) is 5.53. The summed E-state index contributed by atoms with van der Waals surface area (Å²) in [6.45, 7) is 5.33. The SMILES string of the molecule is CCC(C(=O)NC1CCCCC1)N(Cc1ccc(C)cc1)C(=O)CN(c1ccc(OC)c(Cl)c1)S(=O)(=O)c1ccc(C)cc1. The standard InChI is InChI=1S/C34H42ClN3O5S/c1-5-31(34(40)36-27-9-7-6-8-10-27)37(22-26-15-11-24(2)12-16-26)33(39)23-38(28-17-20-32(43-4)30(35)21-28)44(41,42)29-18-13-25(3)14-19-29/h11-21,27,31H,5-10,22-23H2,1-4H3,(H,36,40). The fraction of sp³-hybridized carbons (Fsp3) is 0.412. The van der Waals surface area contributed by atoms with Gasteiger partial charge in [0.25, 0.3) is 10.0 Å². The maximum Gasteiger partial charge on any atom is 0.264 e. The summed E-state index contributed by atoms with van der Waals surface area (Å²) in [5.74, 6) is -0.347. The molecule has 0 aromatic heterocycles. The van der Waals surface area contributed by atoms with Crippen LogP contribution in [0.1, 0.15) is 62.1 Å². The molecule has 1 saturated carbocycles. The van der Waals surface area contributed by atoms with Gasteiger partial charge in [-0.2, -0.15) is 0 Å². The van der Waals surface area contributed by atoms with Gasteiger partial charge in [0, 0.05) is 12.6 Å². The van der Waals surface area contributed by atoms with Crippen LogP contribution in [0, 0.1) is 13.8 Å². The van der Waals surface area contributed by atoms with Gasteiger partial charge in [-0.15, -0.1) is 0 Å². The number of hydrogen-bond donors (Lipinski definition) is 1. The second-order valence-electron chi connectivity index (χ2n) is 11.4. The molecule has 1 N–H and O–H groups in total. The summed E-state index contributed by atoms with van der Waals surface area (Å²) < 4.78 is 34.5. The first-order valence-electron chi connectivity index (χ1n) is 15.1. The molecular formula is C34H42ClN3O5S. The zero-order valence-electron chi connectivity index (χ0n) is 25.9. The predicted octanol–water partition coefficient (Wildman–Crippen LogP) is 6.42. The number of ether oxygens (including phenoxy) is 1. The van der Waals surface area contributed by atoms with Crippen molar-refractivity contribution in [3.63, 3.8) is 0 Å². The number of benzene rings is 3. The lowest BCUT2D eigenvalue weighted by Crippen LogP contribution is -2.54. The number of rotatable bonds is 12. The number of methoxy groups -OCH3 is 1. The number of amides is 2. The van der Waals surface area contributed by atoms with Crippen LogP contribution in [0.3, 0.4) is 0 Å². The normalized spacial score (nSPS) is 14.5. The molecule has 4 rings (SSSR count). The Balaban J connectivity index is 1.73. The number of nitrogens with zero attached hydrogens (tertiary/aromatic N) is 2. The monoisotopic (exact) mass is 639 g/mol. The summed E-state index contributed by atoms with van der Waals surface area (Å²) in [4.78, 5) is 29.5. The molecule has 1 aliphatic carbocycles. The lowest BCUT2D eigenvalue weighted by molar-refractivity contribution is -0.140. The van der Waals surface area contributed by atoms with E-state index in [1.165, 1.54) is 30.2 Å². The second-order valence-corrected chi connectivity index (χ2v) is 13.7. The largest absolute Gasteiger partial charge is 0.495 e. The molecule has 1 aliphatic rings. The first kappa shape index (κ1) is 33.3. The van der Waals surface area contributed by atoms with Gasteiger partial charge in [-0.05, 0) is 69.0 Å². The number of halogens is 1. The van der Waals surface area contributed by atoms with Gasteiger partial charge in [0.05, 0.1) is 22.7 Å². The van der Waals surface area contributed by atoms with E-state index in [0.29, 0.717) is 12.2 Å². The van der Waals surface area contributed by atoms with Crippen LogP contribution in [0.15, 0.2) is 71.6 Å². The molecule has 0 heterocycles. The molecule has 10 heteroatoms. The molecule has 8 nitrogen and oxygen atoms in total. The van der Waals surface area contributed by atoms with E-state index in [1.807, 2.05) is 45.0 Å². The van der Waals surface area contributed by atoms with Crippen LogP contribution >= 0.6 is 11.6 Å². The Bertz CT molecular complexity index is 1540. The van der Waals surface area contributed by atoms with Crippen molar-refractivity contribution in [2.45, 2.75) is 82.8 Å². The Morgan fingerprint density at radius 2 is 1.57 bits per heavy atom. The molecule has 0 radical (unpaired) electrons. The molecule has 0 aliphatic heterocycles. The quantitative estimate of drug-likeness (QED) is 0.247. The molecule has 1 atom stereocenters. The number of aryl methyl sites for hydroxylation is 2. The molecule has 2 amide bonds. The van der Waals surface area contributed by atoms with Crippen molar-refractivity contribution in [2.75, 3.05) is 18.0 Å². The summed E-state index contributed by atoms with van der Waals surface area (Å²) in [6, 6.07) is 18.1. The topological polar surface area (TPSA) is 96.0 Å². The van der Waals surface area contributed by atoms with E-state index in [9.17, 15) is 18.0 Å². The van der Waals surface area contributed by atoms with Gasteiger partial charge in [0.2, 0.25) is 11.8 Å². The highest BCUT2D eigenvalue weighted by molar-refractivity contribution is 7.92. The molecule has 0 spiro atoms. The van der Waals surface area contributed by atoms with Crippen LogP contribution in [0.5, 0.6) is 5.75 Å². The fourth-order valence-corrected chi connectivity index (χ4v) is 7.19. The van der Waals surface area contributed by atoms with Gasteiger partial charge in [0.15, 0.2) is 0 Å². The minimum absolute atomic E-state index is 0.0370. The van der Waals surface area contributed by atoms with E-state index in [0.717, 1.165) is 53.1 Å². The summed E-state index contributed by atoms with van der Waals surface area (Å²) in [7, 11) is -2.73. The summed E-state index contributed by atoms with van der Waals surface area (Å²) >= 11 is 6.42. The number of carbonyl (C=O) groups excluding carboxylic acids is 2. The molecule has 236 valence electrons. The van der Waals surface area contributed by atoms with E-state index in [1.54, 1.807) is 24.3 Å². The van der Waals surface area contributed by atoms with Gasteiger partial charge < -0.3 is 15.0 Å². The number of hydrogen-bond acceptors (Lipinski definition) is 5.